The second kappa shape index (κ2) is 13.0. The van der Waals surface area contributed by atoms with Crippen molar-refractivity contribution in [3.8, 4) is 11.5 Å². The molecule has 0 saturated carbocycles. The first-order valence-electron chi connectivity index (χ1n) is 9.93. The first-order valence-corrected chi connectivity index (χ1v) is 11.4. The van der Waals surface area contributed by atoms with Crippen molar-refractivity contribution in [1.29, 1.82) is 0 Å². The van der Waals surface area contributed by atoms with E-state index in [9.17, 15) is 14.4 Å². The summed E-state index contributed by atoms with van der Waals surface area (Å²) < 4.78 is 11.7. The van der Waals surface area contributed by atoms with Crippen molar-refractivity contribution in [1.82, 2.24) is 10.7 Å². The summed E-state index contributed by atoms with van der Waals surface area (Å²) in [5.74, 6) is -1.26. The number of anilines is 1. The quantitative estimate of drug-likeness (QED) is 0.180. The maximum Gasteiger partial charge on any atom is 0.329 e. The van der Waals surface area contributed by atoms with E-state index in [-0.39, 0.29) is 18.6 Å². The zero-order chi connectivity index (χ0) is 24.4. The van der Waals surface area contributed by atoms with E-state index in [1.54, 1.807) is 43.3 Å². The highest BCUT2D eigenvalue weighted by Gasteiger charge is 2.16. The number of methoxy groups -OCH3 is 1. The second-order valence-electron chi connectivity index (χ2n) is 6.83. The van der Waals surface area contributed by atoms with Gasteiger partial charge in [0, 0.05) is 6.04 Å². The minimum Gasteiger partial charge on any atom is -0.493 e. The molecular weight excluding hydrogens is 563 g/mol. The molecule has 11 heteroatoms. The number of rotatable bonds is 9. The smallest absolute Gasteiger partial charge is 0.329 e. The van der Waals surface area contributed by atoms with Crippen LogP contribution in [-0.2, 0) is 14.4 Å². The number of para-hydroxylation sites is 1. The zero-order valence-electron chi connectivity index (χ0n) is 18.3. The van der Waals surface area contributed by atoms with Gasteiger partial charge in [0.15, 0.2) is 18.1 Å². The lowest BCUT2D eigenvalue weighted by Gasteiger charge is -2.14. The Labute approximate surface area is 210 Å². The van der Waals surface area contributed by atoms with Crippen molar-refractivity contribution in [2.45, 2.75) is 26.3 Å². The third-order valence-electron chi connectivity index (χ3n) is 4.32. The summed E-state index contributed by atoms with van der Waals surface area (Å²) in [5.41, 5.74) is 3.26. The molecule has 0 aliphatic carbocycles. The molecule has 0 aliphatic heterocycles. The van der Waals surface area contributed by atoms with Crippen molar-refractivity contribution in [2.24, 2.45) is 5.10 Å². The van der Waals surface area contributed by atoms with Gasteiger partial charge in [0.2, 0.25) is 0 Å². The summed E-state index contributed by atoms with van der Waals surface area (Å²) in [4.78, 5) is 35.8. The van der Waals surface area contributed by atoms with Crippen LogP contribution in [0.5, 0.6) is 11.5 Å². The Morgan fingerprint density at radius 1 is 1.21 bits per heavy atom. The first kappa shape index (κ1) is 26.4. The molecule has 0 aliphatic rings. The monoisotopic (exact) mass is 586 g/mol. The fraction of sp³-hybridized carbons (Fsp3) is 0.273. The molecular formula is C22H24ClIN4O5. The summed E-state index contributed by atoms with van der Waals surface area (Å²) in [7, 11) is 1.46. The fourth-order valence-corrected chi connectivity index (χ4v) is 3.41. The molecule has 2 aromatic rings. The van der Waals surface area contributed by atoms with E-state index < -0.39 is 11.8 Å². The molecule has 0 aromatic heterocycles. The average molecular weight is 587 g/mol. The number of carbonyl (C=O) groups excluding carboxylic acids is 3. The highest BCUT2D eigenvalue weighted by atomic mass is 127. The molecule has 2 aromatic carbocycles. The highest BCUT2D eigenvalue weighted by Crippen LogP contribution is 2.33. The lowest BCUT2D eigenvalue weighted by Crippen LogP contribution is -2.41. The van der Waals surface area contributed by atoms with Gasteiger partial charge in [0.1, 0.15) is 0 Å². The van der Waals surface area contributed by atoms with Gasteiger partial charge in [-0.15, -0.1) is 0 Å². The van der Waals surface area contributed by atoms with Gasteiger partial charge in [-0.3, -0.25) is 14.4 Å². The van der Waals surface area contributed by atoms with Gasteiger partial charge in [0.25, 0.3) is 5.91 Å². The van der Waals surface area contributed by atoms with Gasteiger partial charge in [-0.05, 0) is 65.8 Å². The predicted octanol–water partition coefficient (Wildman–Crippen LogP) is 3.34. The van der Waals surface area contributed by atoms with Crippen LogP contribution in [0.3, 0.4) is 0 Å². The van der Waals surface area contributed by atoms with E-state index in [1.165, 1.54) is 13.3 Å². The molecule has 0 unspecified atom stereocenters. The first-order chi connectivity index (χ1) is 15.7. The molecule has 33 heavy (non-hydrogen) atoms. The van der Waals surface area contributed by atoms with Gasteiger partial charge >= 0.3 is 11.8 Å². The van der Waals surface area contributed by atoms with Crippen molar-refractivity contribution >= 4 is 63.8 Å². The molecule has 0 spiro atoms. The molecule has 0 bridgehead atoms. The van der Waals surface area contributed by atoms with E-state index in [2.05, 4.69) is 21.2 Å². The predicted molar refractivity (Wildman–Crippen MR) is 135 cm³/mol. The van der Waals surface area contributed by atoms with E-state index in [0.717, 1.165) is 0 Å². The Bertz CT molecular complexity index is 1050. The number of nitrogens with one attached hydrogen (secondary N) is 3. The number of hydrogen-bond acceptors (Lipinski definition) is 6. The van der Waals surface area contributed by atoms with Crippen molar-refractivity contribution in [3.63, 3.8) is 0 Å². The van der Waals surface area contributed by atoms with Crippen LogP contribution >= 0.6 is 34.2 Å². The summed E-state index contributed by atoms with van der Waals surface area (Å²) in [5, 5.41) is 9.46. The summed E-state index contributed by atoms with van der Waals surface area (Å²) in [6.45, 7) is 3.44. The Hall–Kier alpha value is -2.86. The van der Waals surface area contributed by atoms with E-state index >= 15 is 0 Å². The molecule has 176 valence electrons. The fourth-order valence-electron chi connectivity index (χ4n) is 2.45. The molecule has 0 heterocycles. The largest absolute Gasteiger partial charge is 0.493 e. The minimum absolute atomic E-state index is 0.114. The van der Waals surface area contributed by atoms with Crippen LogP contribution < -0.4 is 25.5 Å². The van der Waals surface area contributed by atoms with Crippen molar-refractivity contribution < 1.29 is 23.9 Å². The van der Waals surface area contributed by atoms with Gasteiger partial charge in [-0.25, -0.2) is 5.43 Å². The number of amides is 3. The van der Waals surface area contributed by atoms with Gasteiger partial charge in [-0.2, -0.15) is 5.10 Å². The second-order valence-corrected chi connectivity index (χ2v) is 8.40. The Morgan fingerprint density at radius 2 is 1.94 bits per heavy atom. The number of ether oxygens (including phenoxy) is 2. The normalized spacial score (nSPS) is 11.5. The van der Waals surface area contributed by atoms with Crippen LogP contribution in [0.2, 0.25) is 5.02 Å². The minimum atomic E-state index is -0.863. The Balaban J connectivity index is 2.00. The summed E-state index contributed by atoms with van der Waals surface area (Å²) in [6.07, 6.45) is 2.07. The van der Waals surface area contributed by atoms with Crippen LogP contribution in [0, 0.1) is 3.57 Å². The lowest BCUT2D eigenvalue weighted by atomic mass is 10.2. The number of nitrogens with zero attached hydrogens (tertiary/aromatic N) is 1. The number of benzene rings is 2. The van der Waals surface area contributed by atoms with Gasteiger partial charge in [-0.1, -0.05) is 30.7 Å². The topological polar surface area (TPSA) is 118 Å². The van der Waals surface area contributed by atoms with Gasteiger partial charge in [0.05, 0.1) is 27.6 Å². The standard InChI is InChI=1S/C22H24ClIN4O5/c1-4-13(2)26-21(30)22(31)28-25-11-14-9-16(24)20(18(10-14)32-3)33-12-19(29)27-17-8-6-5-7-15(17)23/h5-11,13H,4,12H2,1-3H3,(H,26,30)(H,27,29)(H,28,31)/b25-11-/t13-/m1/s1. The molecule has 0 saturated heterocycles. The molecule has 0 radical (unpaired) electrons. The van der Waals surface area contributed by atoms with Crippen LogP contribution in [0.25, 0.3) is 0 Å². The number of carbonyl (C=O) groups is 3. The molecule has 1 atom stereocenters. The van der Waals surface area contributed by atoms with E-state index in [4.69, 9.17) is 21.1 Å². The number of halogens is 2. The lowest BCUT2D eigenvalue weighted by molar-refractivity contribution is -0.139. The Kier molecular flexibility index (Phi) is 10.4. The summed E-state index contributed by atoms with van der Waals surface area (Å²) in [6, 6.07) is 10.1. The number of hydrazone groups is 1. The van der Waals surface area contributed by atoms with Crippen molar-refractivity contribution in [2.75, 3.05) is 19.0 Å². The van der Waals surface area contributed by atoms with Crippen molar-refractivity contribution in [3.05, 3.63) is 50.6 Å². The third kappa shape index (κ3) is 8.21. The molecule has 9 nitrogen and oxygen atoms in total. The SMILES string of the molecule is CC[C@@H](C)NC(=O)C(=O)N/N=C\c1cc(I)c(OCC(=O)Nc2ccccc2Cl)c(OC)c1. The van der Waals surface area contributed by atoms with E-state index in [0.29, 0.717) is 37.8 Å². The number of hydrogen-bond donors (Lipinski definition) is 3. The zero-order valence-corrected chi connectivity index (χ0v) is 21.2. The Morgan fingerprint density at radius 3 is 2.61 bits per heavy atom. The molecule has 3 N–H and O–H groups in total. The third-order valence-corrected chi connectivity index (χ3v) is 5.45. The molecule has 2 rings (SSSR count). The van der Waals surface area contributed by atoms with E-state index in [1.807, 2.05) is 29.5 Å². The summed E-state index contributed by atoms with van der Waals surface area (Å²) >= 11 is 8.08. The van der Waals surface area contributed by atoms with Crippen LogP contribution in [0.1, 0.15) is 25.8 Å². The molecule has 3 amide bonds. The highest BCUT2D eigenvalue weighted by molar-refractivity contribution is 14.1. The molecule has 0 fully saturated rings. The maximum absolute atomic E-state index is 12.2. The van der Waals surface area contributed by atoms with Crippen LogP contribution in [-0.4, -0.2) is 43.7 Å². The van der Waals surface area contributed by atoms with Crippen LogP contribution in [0.4, 0.5) is 5.69 Å². The van der Waals surface area contributed by atoms with Gasteiger partial charge < -0.3 is 20.1 Å². The van der Waals surface area contributed by atoms with Crippen LogP contribution in [0.15, 0.2) is 41.5 Å². The average Bonchev–Trinajstić information content (AvgIpc) is 2.79. The maximum atomic E-state index is 12.2.